The van der Waals surface area contributed by atoms with Gasteiger partial charge in [-0.15, -0.1) is 0 Å². The predicted molar refractivity (Wildman–Crippen MR) is 147 cm³/mol. The molecule has 0 N–H and O–H groups in total. The number of hydrogen-bond donors (Lipinski definition) is 0. The molecule has 178 valence electrons. The highest BCUT2D eigenvalue weighted by Gasteiger charge is 2.23. The highest BCUT2D eigenvalue weighted by Crippen LogP contribution is 2.37. The number of para-hydroxylation sites is 1. The van der Waals surface area contributed by atoms with Crippen LogP contribution in [0.15, 0.2) is 114 Å². The second-order valence-corrected chi connectivity index (χ2v) is 9.82. The van der Waals surface area contributed by atoms with Gasteiger partial charge in [-0.05, 0) is 55.0 Å². The van der Waals surface area contributed by atoms with Crippen LogP contribution in [-0.4, -0.2) is 24.5 Å². The summed E-state index contributed by atoms with van der Waals surface area (Å²) in [4.78, 5) is 4.93. The summed E-state index contributed by atoms with van der Waals surface area (Å²) in [5, 5.41) is 10.8. The highest BCUT2D eigenvalue weighted by atomic mass is 32.1. The Hall–Kier alpha value is -4.75. The van der Waals surface area contributed by atoms with Gasteiger partial charge in [-0.1, -0.05) is 65.9 Å². The lowest BCUT2D eigenvalue weighted by Gasteiger charge is -2.04. The summed E-state index contributed by atoms with van der Waals surface area (Å²) in [5.41, 5.74) is 7.62. The summed E-state index contributed by atoms with van der Waals surface area (Å²) in [6, 6.07) is 32.5. The molecule has 4 aromatic heterocycles. The quantitative estimate of drug-likeness (QED) is 0.245. The van der Waals surface area contributed by atoms with E-state index in [4.69, 9.17) is 19.6 Å². The van der Waals surface area contributed by atoms with E-state index in [1.54, 1.807) is 17.6 Å². The maximum atomic E-state index is 5.71. The van der Waals surface area contributed by atoms with Crippen LogP contribution in [0.25, 0.3) is 55.0 Å². The smallest absolute Gasteiger partial charge is 0.212 e. The molecule has 0 aliphatic carbocycles. The molecular weight excluding hydrogens is 478 g/mol. The van der Waals surface area contributed by atoms with Gasteiger partial charge in [-0.3, -0.25) is 0 Å². The van der Waals surface area contributed by atoms with Crippen molar-refractivity contribution in [3.63, 3.8) is 0 Å². The van der Waals surface area contributed by atoms with Crippen LogP contribution in [0.5, 0.6) is 0 Å². The van der Waals surface area contributed by atoms with Gasteiger partial charge in [0.05, 0.1) is 27.9 Å². The minimum Gasteiger partial charge on any atom is -0.463 e. The molecule has 7 rings (SSSR count). The third-order valence-corrected chi connectivity index (χ3v) is 7.25. The van der Waals surface area contributed by atoms with E-state index >= 15 is 0 Å². The Balaban J connectivity index is 1.48. The van der Waals surface area contributed by atoms with Crippen LogP contribution in [-0.2, 0) is 0 Å². The van der Waals surface area contributed by atoms with Crippen LogP contribution in [0.3, 0.4) is 0 Å². The van der Waals surface area contributed by atoms with Crippen molar-refractivity contribution < 1.29 is 4.42 Å². The molecule has 0 radical (unpaired) electrons. The zero-order valence-electron chi connectivity index (χ0n) is 19.9. The van der Waals surface area contributed by atoms with E-state index in [0.29, 0.717) is 5.76 Å². The lowest BCUT2D eigenvalue weighted by atomic mass is 10.1. The molecule has 0 bridgehead atoms. The van der Waals surface area contributed by atoms with Gasteiger partial charge in [0.2, 0.25) is 5.13 Å². The van der Waals surface area contributed by atoms with E-state index in [0.717, 1.165) is 49.2 Å². The number of rotatable bonds is 5. The van der Waals surface area contributed by atoms with Crippen molar-refractivity contribution in [3.8, 4) is 44.8 Å². The molecule has 0 aliphatic rings. The van der Waals surface area contributed by atoms with Crippen LogP contribution in [0, 0.1) is 6.92 Å². The van der Waals surface area contributed by atoms with E-state index in [2.05, 4.69) is 49.5 Å². The first-order valence-electron chi connectivity index (χ1n) is 12.0. The van der Waals surface area contributed by atoms with Crippen molar-refractivity contribution in [3.05, 3.63) is 115 Å². The number of aryl methyl sites for hydroxylation is 1. The number of thiazole rings is 1. The molecule has 0 saturated heterocycles. The number of nitrogens with zero attached hydrogens (tertiary/aromatic N) is 5. The topological polar surface area (TPSA) is 61.7 Å². The van der Waals surface area contributed by atoms with E-state index in [9.17, 15) is 0 Å². The van der Waals surface area contributed by atoms with Crippen LogP contribution in [0.2, 0.25) is 0 Å². The first-order chi connectivity index (χ1) is 18.2. The average molecular weight is 500 g/mol. The minimum atomic E-state index is 0.702. The largest absolute Gasteiger partial charge is 0.463 e. The maximum Gasteiger partial charge on any atom is 0.212 e. The highest BCUT2D eigenvalue weighted by molar-refractivity contribution is 7.20. The molecule has 0 atom stereocenters. The van der Waals surface area contributed by atoms with E-state index in [1.807, 2.05) is 70.0 Å². The Labute approximate surface area is 217 Å². The van der Waals surface area contributed by atoms with Crippen LogP contribution in [0.4, 0.5) is 0 Å². The van der Waals surface area contributed by atoms with Gasteiger partial charge in [0, 0.05) is 17.3 Å². The molecule has 0 saturated carbocycles. The Morgan fingerprint density at radius 3 is 2.41 bits per heavy atom. The molecule has 0 unspecified atom stereocenters. The number of furan rings is 1. The average Bonchev–Trinajstić information content (AvgIpc) is 3.74. The van der Waals surface area contributed by atoms with Gasteiger partial charge in [0.15, 0.2) is 5.76 Å². The summed E-state index contributed by atoms with van der Waals surface area (Å²) < 4.78 is 10.7. The third-order valence-electron chi connectivity index (χ3n) is 6.25. The Bertz CT molecular complexity index is 1830. The fourth-order valence-electron chi connectivity index (χ4n) is 4.46. The number of fused-ring (bicyclic) bond motifs is 1. The standard InChI is InChI=1S/C30H21N5OS/c1-20-14-15-24-28(17-20)37-30(31-24)35-26(18-25(32-35)27-13-8-16-36-27)23-19-34(22-11-6-3-7-12-22)33-29(23)21-9-4-2-5-10-21/h2-19H,1H3. The molecule has 4 heterocycles. The van der Waals surface area contributed by atoms with Crippen molar-refractivity contribution in [1.29, 1.82) is 0 Å². The number of benzene rings is 3. The fourth-order valence-corrected chi connectivity index (χ4v) is 5.49. The first-order valence-corrected chi connectivity index (χ1v) is 12.8. The normalized spacial score (nSPS) is 11.4. The first kappa shape index (κ1) is 21.5. The summed E-state index contributed by atoms with van der Waals surface area (Å²) in [5.74, 6) is 0.702. The number of hydrogen-bond acceptors (Lipinski definition) is 5. The van der Waals surface area contributed by atoms with Gasteiger partial charge in [-0.25, -0.2) is 14.3 Å². The zero-order chi connectivity index (χ0) is 24.8. The van der Waals surface area contributed by atoms with Crippen molar-refractivity contribution in [2.45, 2.75) is 6.92 Å². The molecule has 0 fully saturated rings. The molecule has 0 amide bonds. The van der Waals surface area contributed by atoms with Gasteiger partial charge >= 0.3 is 0 Å². The molecule has 37 heavy (non-hydrogen) atoms. The minimum absolute atomic E-state index is 0.702. The van der Waals surface area contributed by atoms with Crippen LogP contribution >= 0.6 is 11.3 Å². The summed E-state index contributed by atoms with van der Waals surface area (Å²) in [7, 11) is 0. The lowest BCUT2D eigenvalue weighted by molar-refractivity contribution is 0.579. The maximum absolute atomic E-state index is 5.71. The SMILES string of the molecule is Cc1ccc2nc(-n3nc(-c4ccco4)cc3-c3cn(-c4ccccc4)nc3-c3ccccc3)sc2c1. The summed E-state index contributed by atoms with van der Waals surface area (Å²) in [6.45, 7) is 2.09. The second-order valence-electron chi connectivity index (χ2n) is 8.81. The Morgan fingerprint density at radius 1 is 0.811 bits per heavy atom. The summed E-state index contributed by atoms with van der Waals surface area (Å²) >= 11 is 1.62. The summed E-state index contributed by atoms with van der Waals surface area (Å²) in [6.07, 6.45) is 3.73. The van der Waals surface area contributed by atoms with Crippen molar-refractivity contribution in [2.75, 3.05) is 0 Å². The molecule has 0 spiro atoms. The zero-order valence-corrected chi connectivity index (χ0v) is 20.8. The van der Waals surface area contributed by atoms with E-state index in [1.165, 1.54) is 5.56 Å². The molecule has 0 aliphatic heterocycles. The van der Waals surface area contributed by atoms with Crippen molar-refractivity contribution in [1.82, 2.24) is 24.5 Å². The van der Waals surface area contributed by atoms with Gasteiger partial charge in [-0.2, -0.15) is 10.2 Å². The van der Waals surface area contributed by atoms with Crippen molar-refractivity contribution in [2.24, 2.45) is 0 Å². The number of aromatic nitrogens is 5. The van der Waals surface area contributed by atoms with Gasteiger partial charge in [0.1, 0.15) is 11.4 Å². The monoisotopic (exact) mass is 499 g/mol. The third kappa shape index (κ3) is 3.86. The molecule has 7 aromatic rings. The van der Waals surface area contributed by atoms with Crippen LogP contribution < -0.4 is 0 Å². The van der Waals surface area contributed by atoms with E-state index < -0.39 is 0 Å². The fraction of sp³-hybridized carbons (Fsp3) is 0.0333. The predicted octanol–water partition coefficient (Wildman–Crippen LogP) is 7.57. The molecule has 7 heteroatoms. The van der Waals surface area contributed by atoms with Gasteiger partial charge < -0.3 is 4.42 Å². The molecule has 3 aromatic carbocycles. The lowest BCUT2D eigenvalue weighted by Crippen LogP contribution is -1.99. The van der Waals surface area contributed by atoms with Crippen LogP contribution in [0.1, 0.15) is 5.56 Å². The molecule has 6 nitrogen and oxygen atoms in total. The Kier molecular flexibility index (Phi) is 5.08. The van der Waals surface area contributed by atoms with Gasteiger partial charge in [0.25, 0.3) is 0 Å². The Morgan fingerprint density at radius 2 is 1.62 bits per heavy atom. The second kappa shape index (κ2) is 8.72. The molecular formula is C30H21N5OS. The van der Waals surface area contributed by atoms with Crippen molar-refractivity contribution >= 4 is 21.6 Å². The van der Waals surface area contributed by atoms with E-state index in [-0.39, 0.29) is 0 Å².